The molecule has 1 aliphatic rings. The van der Waals surface area contributed by atoms with E-state index in [1.54, 1.807) is 12.1 Å². The number of carbonyl (C=O) groups excluding carboxylic acids is 3. The molecule has 1 aromatic rings. The molecule has 0 spiro atoms. The molecule has 1 aliphatic carbocycles. The first-order valence-electron chi connectivity index (χ1n) is 8.42. The highest BCUT2D eigenvalue weighted by Gasteiger charge is 2.20. The highest BCUT2D eigenvalue weighted by molar-refractivity contribution is 5.95. The lowest BCUT2D eigenvalue weighted by atomic mass is 9.87. The van der Waals surface area contributed by atoms with Gasteiger partial charge in [0.2, 0.25) is 0 Å². The first kappa shape index (κ1) is 18.8. The number of nitrogens with one attached hydrogen (secondary N) is 1. The van der Waals surface area contributed by atoms with E-state index in [4.69, 9.17) is 15.2 Å². The second-order valence-corrected chi connectivity index (χ2v) is 6.33. The lowest BCUT2D eigenvalue weighted by Crippen LogP contribution is -2.39. The minimum Gasteiger partial charge on any atom is -0.481 e. The molecule has 7 nitrogen and oxygen atoms in total. The largest absolute Gasteiger partial charge is 0.481 e. The summed E-state index contributed by atoms with van der Waals surface area (Å²) in [5.41, 5.74) is 5.41. The monoisotopic (exact) mass is 348 g/mol. The van der Waals surface area contributed by atoms with Gasteiger partial charge < -0.3 is 20.5 Å². The van der Waals surface area contributed by atoms with E-state index < -0.39 is 18.5 Å². The van der Waals surface area contributed by atoms with E-state index in [9.17, 15) is 14.4 Å². The average molecular weight is 348 g/mol. The molecule has 136 valence electrons. The number of ether oxygens (including phenoxy) is 2. The Morgan fingerprint density at radius 1 is 1.12 bits per heavy atom. The second kappa shape index (κ2) is 9.05. The van der Waals surface area contributed by atoms with Crippen molar-refractivity contribution < 1.29 is 23.9 Å². The smallest absolute Gasteiger partial charge is 0.344 e. The van der Waals surface area contributed by atoms with E-state index in [0.29, 0.717) is 5.92 Å². The van der Waals surface area contributed by atoms with Crippen molar-refractivity contribution in [3.8, 4) is 5.75 Å². The van der Waals surface area contributed by atoms with E-state index in [1.165, 1.54) is 12.1 Å². The Bertz CT molecular complexity index is 624. The molecule has 2 amide bonds. The van der Waals surface area contributed by atoms with Crippen LogP contribution in [0.5, 0.6) is 5.75 Å². The van der Waals surface area contributed by atoms with Gasteiger partial charge in [-0.15, -0.1) is 0 Å². The molecule has 1 saturated carbocycles. The van der Waals surface area contributed by atoms with Crippen molar-refractivity contribution in [2.75, 3.05) is 13.2 Å². The number of primary amides is 1. The first-order valence-corrected chi connectivity index (χ1v) is 8.42. The van der Waals surface area contributed by atoms with Crippen molar-refractivity contribution in [3.63, 3.8) is 0 Å². The number of carbonyl (C=O) groups is 3. The summed E-state index contributed by atoms with van der Waals surface area (Å²) in [6.07, 6.45) is 4.09. The number of nitrogens with two attached hydrogens (primary N) is 1. The molecule has 0 aromatic heterocycles. The maximum Gasteiger partial charge on any atom is 0.344 e. The van der Waals surface area contributed by atoms with Crippen LogP contribution in [0.2, 0.25) is 0 Å². The predicted molar refractivity (Wildman–Crippen MR) is 91.0 cm³/mol. The molecule has 0 unspecified atom stereocenters. The average Bonchev–Trinajstić information content (AvgIpc) is 2.60. The number of esters is 1. The predicted octanol–water partition coefficient (Wildman–Crippen LogP) is 1.40. The summed E-state index contributed by atoms with van der Waals surface area (Å²) in [5, 5.41) is 2.87. The summed E-state index contributed by atoms with van der Waals surface area (Å²) in [6.45, 7) is 1.46. The van der Waals surface area contributed by atoms with E-state index in [1.807, 2.05) is 0 Å². The van der Waals surface area contributed by atoms with Gasteiger partial charge in [0.15, 0.2) is 13.2 Å². The van der Waals surface area contributed by atoms with E-state index in [2.05, 4.69) is 12.2 Å². The van der Waals surface area contributed by atoms with Gasteiger partial charge in [-0.05, 0) is 43.7 Å². The molecule has 0 aliphatic heterocycles. The quantitative estimate of drug-likeness (QED) is 0.724. The van der Waals surface area contributed by atoms with Crippen molar-refractivity contribution in [1.82, 2.24) is 5.32 Å². The summed E-state index contributed by atoms with van der Waals surface area (Å²) in [6, 6.07) is 6.49. The van der Waals surface area contributed by atoms with Gasteiger partial charge in [-0.1, -0.05) is 19.1 Å². The lowest BCUT2D eigenvalue weighted by Gasteiger charge is -2.26. The number of benzene rings is 1. The fraction of sp³-hybridized carbons (Fsp3) is 0.500. The van der Waals surface area contributed by atoms with Crippen LogP contribution in [0, 0.1) is 5.92 Å². The summed E-state index contributed by atoms with van der Waals surface area (Å²) in [4.78, 5) is 34.8. The van der Waals surface area contributed by atoms with Crippen LogP contribution >= 0.6 is 0 Å². The van der Waals surface area contributed by atoms with Gasteiger partial charge in [-0.3, -0.25) is 9.59 Å². The van der Waals surface area contributed by atoms with Crippen molar-refractivity contribution in [3.05, 3.63) is 29.8 Å². The van der Waals surface area contributed by atoms with Crippen LogP contribution in [-0.4, -0.2) is 37.0 Å². The molecule has 0 radical (unpaired) electrons. The number of amides is 2. The maximum atomic E-state index is 11.8. The van der Waals surface area contributed by atoms with Crippen LogP contribution < -0.4 is 15.8 Å². The summed E-state index contributed by atoms with van der Waals surface area (Å²) < 4.78 is 10.1. The maximum absolute atomic E-state index is 11.8. The van der Waals surface area contributed by atoms with E-state index in [0.717, 1.165) is 25.7 Å². The van der Waals surface area contributed by atoms with Crippen LogP contribution in [0.4, 0.5) is 0 Å². The van der Waals surface area contributed by atoms with Gasteiger partial charge in [0.25, 0.3) is 11.8 Å². The summed E-state index contributed by atoms with van der Waals surface area (Å²) in [7, 11) is 0. The highest BCUT2D eigenvalue weighted by Crippen LogP contribution is 2.23. The topological polar surface area (TPSA) is 108 Å². The van der Waals surface area contributed by atoms with Gasteiger partial charge in [0.1, 0.15) is 5.75 Å². The molecule has 25 heavy (non-hydrogen) atoms. The third-order valence-corrected chi connectivity index (χ3v) is 4.24. The first-order chi connectivity index (χ1) is 12.0. The zero-order valence-corrected chi connectivity index (χ0v) is 14.3. The van der Waals surface area contributed by atoms with Crippen LogP contribution in [0.3, 0.4) is 0 Å². The molecule has 2 rings (SSSR count). The Labute approximate surface area is 146 Å². The summed E-state index contributed by atoms with van der Waals surface area (Å²) >= 11 is 0. The molecule has 7 heteroatoms. The van der Waals surface area contributed by atoms with E-state index >= 15 is 0 Å². The standard InChI is InChI=1S/C18H24N2O5/c1-12-6-8-13(9-7-12)20-16(21)10-25-17(22)11-24-15-5-3-2-4-14(15)18(19)23/h2-5,12-13H,6-11H2,1H3,(H2,19,23)(H,20,21). The molecule has 0 bridgehead atoms. The molecule has 0 saturated heterocycles. The van der Waals surface area contributed by atoms with Crippen molar-refractivity contribution in [2.45, 2.75) is 38.6 Å². The minimum atomic E-state index is -0.688. The SMILES string of the molecule is CC1CCC(NC(=O)COC(=O)COc2ccccc2C(N)=O)CC1. The number of hydrogen-bond acceptors (Lipinski definition) is 5. The lowest BCUT2D eigenvalue weighted by molar-refractivity contribution is -0.150. The van der Waals surface area contributed by atoms with Crippen molar-refractivity contribution in [2.24, 2.45) is 11.7 Å². The molecule has 1 fully saturated rings. The zero-order chi connectivity index (χ0) is 18.2. The Morgan fingerprint density at radius 2 is 1.80 bits per heavy atom. The van der Waals surface area contributed by atoms with Crippen LogP contribution in [0.25, 0.3) is 0 Å². The van der Waals surface area contributed by atoms with Gasteiger partial charge in [-0.25, -0.2) is 4.79 Å². The number of rotatable bonds is 7. The van der Waals surface area contributed by atoms with Gasteiger partial charge in [-0.2, -0.15) is 0 Å². The number of hydrogen-bond donors (Lipinski definition) is 2. The normalized spacial score (nSPS) is 19.7. The fourth-order valence-electron chi connectivity index (χ4n) is 2.79. The van der Waals surface area contributed by atoms with Crippen LogP contribution in [0.15, 0.2) is 24.3 Å². The molecule has 3 N–H and O–H groups in total. The fourth-order valence-corrected chi connectivity index (χ4v) is 2.79. The van der Waals surface area contributed by atoms with Crippen LogP contribution in [-0.2, 0) is 14.3 Å². The van der Waals surface area contributed by atoms with Gasteiger partial charge in [0.05, 0.1) is 5.56 Å². The zero-order valence-electron chi connectivity index (χ0n) is 14.3. The van der Waals surface area contributed by atoms with Gasteiger partial charge in [0, 0.05) is 6.04 Å². The third kappa shape index (κ3) is 6.10. The Balaban J connectivity index is 1.70. The second-order valence-electron chi connectivity index (χ2n) is 6.33. The van der Waals surface area contributed by atoms with E-state index in [-0.39, 0.29) is 29.9 Å². The molecular weight excluding hydrogens is 324 g/mol. The highest BCUT2D eigenvalue weighted by atomic mass is 16.6. The van der Waals surface area contributed by atoms with Crippen molar-refractivity contribution >= 4 is 17.8 Å². The molecule has 0 atom stereocenters. The Kier molecular flexibility index (Phi) is 6.80. The van der Waals surface area contributed by atoms with Crippen molar-refractivity contribution in [1.29, 1.82) is 0 Å². The molecule has 1 aromatic carbocycles. The Hall–Kier alpha value is -2.57. The van der Waals surface area contributed by atoms with Crippen LogP contribution in [0.1, 0.15) is 43.0 Å². The Morgan fingerprint density at radius 3 is 2.48 bits per heavy atom. The number of para-hydroxylation sites is 1. The minimum absolute atomic E-state index is 0.154. The molecular formula is C18H24N2O5. The molecule has 0 heterocycles. The van der Waals surface area contributed by atoms with Gasteiger partial charge >= 0.3 is 5.97 Å². The summed E-state index contributed by atoms with van der Waals surface area (Å²) in [5.74, 6) is -0.749. The third-order valence-electron chi connectivity index (χ3n) is 4.24.